The van der Waals surface area contributed by atoms with Crippen LogP contribution in [0.1, 0.15) is 22.8 Å². The van der Waals surface area contributed by atoms with Gasteiger partial charge in [-0.05, 0) is 29.5 Å². The predicted octanol–water partition coefficient (Wildman–Crippen LogP) is 4.20. The molecular weight excluding hydrogens is 282 g/mol. The van der Waals surface area contributed by atoms with E-state index in [2.05, 4.69) is 24.4 Å². The Bertz CT molecular complexity index is 613. The molecule has 0 aliphatic rings. The molecule has 0 atom stereocenters. The SMILES string of the molecule is CCSc1ccccc1NCc1ccccc1C(=O)OC. The van der Waals surface area contributed by atoms with Crippen molar-refractivity contribution in [2.45, 2.75) is 18.4 Å². The fraction of sp³-hybridized carbons (Fsp3) is 0.235. The highest BCUT2D eigenvalue weighted by Gasteiger charge is 2.11. The molecule has 0 unspecified atom stereocenters. The molecule has 0 radical (unpaired) electrons. The van der Waals surface area contributed by atoms with Crippen molar-refractivity contribution in [1.29, 1.82) is 0 Å². The largest absolute Gasteiger partial charge is 0.465 e. The van der Waals surface area contributed by atoms with Crippen molar-refractivity contribution >= 4 is 23.4 Å². The fourth-order valence-corrected chi connectivity index (χ4v) is 2.85. The van der Waals surface area contributed by atoms with Crippen LogP contribution in [0.5, 0.6) is 0 Å². The number of hydrogen-bond acceptors (Lipinski definition) is 4. The quantitative estimate of drug-likeness (QED) is 0.641. The molecule has 0 spiro atoms. The molecule has 0 saturated heterocycles. The number of carbonyl (C=O) groups is 1. The van der Waals surface area contributed by atoms with Crippen LogP contribution in [-0.4, -0.2) is 18.8 Å². The van der Waals surface area contributed by atoms with E-state index in [0.29, 0.717) is 12.1 Å². The molecule has 0 fully saturated rings. The fourth-order valence-electron chi connectivity index (χ4n) is 2.07. The van der Waals surface area contributed by atoms with Crippen molar-refractivity contribution in [3.8, 4) is 0 Å². The van der Waals surface area contributed by atoms with Crippen LogP contribution >= 0.6 is 11.8 Å². The normalized spacial score (nSPS) is 10.2. The molecule has 0 amide bonds. The first-order chi connectivity index (χ1) is 10.3. The van der Waals surface area contributed by atoms with Crippen molar-refractivity contribution in [3.05, 3.63) is 59.7 Å². The van der Waals surface area contributed by atoms with Crippen LogP contribution in [0.4, 0.5) is 5.69 Å². The first-order valence-electron chi connectivity index (χ1n) is 6.88. The molecule has 1 N–H and O–H groups in total. The van der Waals surface area contributed by atoms with Crippen molar-refractivity contribution in [2.75, 3.05) is 18.2 Å². The number of anilines is 1. The number of esters is 1. The van der Waals surface area contributed by atoms with Gasteiger partial charge in [-0.2, -0.15) is 0 Å². The molecule has 0 saturated carbocycles. The Morgan fingerprint density at radius 3 is 2.62 bits per heavy atom. The van der Waals surface area contributed by atoms with Gasteiger partial charge in [0, 0.05) is 17.1 Å². The van der Waals surface area contributed by atoms with Crippen molar-refractivity contribution in [3.63, 3.8) is 0 Å². The van der Waals surface area contributed by atoms with E-state index in [1.807, 2.05) is 30.3 Å². The van der Waals surface area contributed by atoms with Crippen molar-refractivity contribution in [1.82, 2.24) is 0 Å². The summed E-state index contributed by atoms with van der Waals surface area (Å²) in [6.07, 6.45) is 0. The van der Waals surface area contributed by atoms with Gasteiger partial charge in [0.15, 0.2) is 0 Å². The summed E-state index contributed by atoms with van der Waals surface area (Å²) in [5.74, 6) is 0.723. The summed E-state index contributed by atoms with van der Waals surface area (Å²) in [5, 5.41) is 3.41. The Labute approximate surface area is 129 Å². The Kier molecular flexibility index (Phi) is 5.69. The van der Waals surface area contributed by atoms with E-state index in [-0.39, 0.29) is 5.97 Å². The second-order valence-electron chi connectivity index (χ2n) is 4.43. The van der Waals surface area contributed by atoms with Crippen LogP contribution < -0.4 is 5.32 Å². The highest BCUT2D eigenvalue weighted by Crippen LogP contribution is 2.27. The summed E-state index contributed by atoms with van der Waals surface area (Å²) in [4.78, 5) is 13.0. The van der Waals surface area contributed by atoms with Gasteiger partial charge in [-0.15, -0.1) is 11.8 Å². The Morgan fingerprint density at radius 2 is 1.86 bits per heavy atom. The maximum Gasteiger partial charge on any atom is 0.338 e. The number of thioether (sulfide) groups is 1. The summed E-state index contributed by atoms with van der Waals surface area (Å²) in [6.45, 7) is 2.72. The van der Waals surface area contributed by atoms with Gasteiger partial charge < -0.3 is 10.1 Å². The Morgan fingerprint density at radius 1 is 1.14 bits per heavy atom. The number of nitrogens with one attached hydrogen (secondary N) is 1. The highest BCUT2D eigenvalue weighted by atomic mass is 32.2. The zero-order valence-electron chi connectivity index (χ0n) is 12.3. The van der Waals surface area contributed by atoms with Crippen LogP contribution in [0.15, 0.2) is 53.4 Å². The molecular formula is C17H19NO2S. The number of hydrogen-bond donors (Lipinski definition) is 1. The molecule has 2 aromatic rings. The highest BCUT2D eigenvalue weighted by molar-refractivity contribution is 7.99. The first-order valence-corrected chi connectivity index (χ1v) is 7.86. The van der Waals surface area contributed by atoms with E-state index in [1.165, 1.54) is 12.0 Å². The minimum Gasteiger partial charge on any atom is -0.465 e. The molecule has 0 aromatic heterocycles. The molecule has 2 aromatic carbocycles. The standard InChI is InChI=1S/C17H19NO2S/c1-3-21-16-11-7-6-10-15(16)18-12-13-8-4-5-9-14(13)17(19)20-2/h4-11,18H,3,12H2,1-2H3. The third kappa shape index (κ3) is 4.02. The third-order valence-corrected chi connectivity index (χ3v) is 4.03. The van der Waals surface area contributed by atoms with Gasteiger partial charge in [-0.3, -0.25) is 0 Å². The van der Waals surface area contributed by atoms with Crippen LogP contribution in [0, 0.1) is 0 Å². The number of ether oxygens (including phenoxy) is 1. The van der Waals surface area contributed by atoms with Gasteiger partial charge in [0.25, 0.3) is 0 Å². The minimum atomic E-state index is -0.302. The van der Waals surface area contributed by atoms with Crippen LogP contribution in [0.2, 0.25) is 0 Å². The van der Waals surface area contributed by atoms with E-state index in [9.17, 15) is 4.79 Å². The van der Waals surface area contributed by atoms with Gasteiger partial charge in [0.05, 0.1) is 12.7 Å². The average molecular weight is 301 g/mol. The monoisotopic (exact) mass is 301 g/mol. The number of benzene rings is 2. The lowest BCUT2D eigenvalue weighted by atomic mass is 10.1. The van der Waals surface area contributed by atoms with Gasteiger partial charge in [-0.1, -0.05) is 37.3 Å². The topological polar surface area (TPSA) is 38.3 Å². The number of rotatable bonds is 6. The summed E-state index contributed by atoms with van der Waals surface area (Å²) < 4.78 is 4.82. The Balaban J connectivity index is 2.15. The van der Waals surface area contributed by atoms with Gasteiger partial charge in [0.1, 0.15) is 0 Å². The molecule has 0 bridgehead atoms. The zero-order valence-corrected chi connectivity index (χ0v) is 13.1. The molecule has 0 aliphatic heterocycles. The third-order valence-electron chi connectivity index (χ3n) is 3.08. The molecule has 110 valence electrons. The van der Waals surface area contributed by atoms with E-state index in [4.69, 9.17) is 4.74 Å². The summed E-state index contributed by atoms with van der Waals surface area (Å²) in [7, 11) is 1.40. The molecule has 3 nitrogen and oxygen atoms in total. The summed E-state index contributed by atoms with van der Waals surface area (Å²) in [5.41, 5.74) is 2.62. The second kappa shape index (κ2) is 7.74. The number of carbonyl (C=O) groups excluding carboxylic acids is 1. The smallest absolute Gasteiger partial charge is 0.338 e. The summed E-state index contributed by atoms with van der Waals surface area (Å²) in [6, 6.07) is 15.7. The predicted molar refractivity (Wildman–Crippen MR) is 87.9 cm³/mol. The van der Waals surface area contributed by atoms with Gasteiger partial charge >= 0.3 is 5.97 Å². The van der Waals surface area contributed by atoms with Crippen LogP contribution in [-0.2, 0) is 11.3 Å². The van der Waals surface area contributed by atoms with E-state index in [1.54, 1.807) is 17.8 Å². The maximum absolute atomic E-state index is 11.8. The minimum absolute atomic E-state index is 0.302. The second-order valence-corrected chi connectivity index (χ2v) is 5.74. The number of methoxy groups -OCH3 is 1. The molecule has 21 heavy (non-hydrogen) atoms. The molecule has 0 aliphatic carbocycles. The summed E-state index contributed by atoms with van der Waals surface area (Å²) >= 11 is 1.80. The zero-order chi connectivity index (χ0) is 15.1. The van der Waals surface area contributed by atoms with Crippen molar-refractivity contribution < 1.29 is 9.53 Å². The van der Waals surface area contributed by atoms with Crippen LogP contribution in [0.3, 0.4) is 0 Å². The lowest BCUT2D eigenvalue weighted by Gasteiger charge is -2.13. The van der Waals surface area contributed by atoms with E-state index >= 15 is 0 Å². The van der Waals surface area contributed by atoms with Gasteiger partial charge in [0.2, 0.25) is 0 Å². The molecule has 0 heterocycles. The van der Waals surface area contributed by atoms with Crippen LogP contribution in [0.25, 0.3) is 0 Å². The first kappa shape index (κ1) is 15.4. The number of para-hydroxylation sites is 1. The average Bonchev–Trinajstić information content (AvgIpc) is 2.54. The molecule has 4 heteroatoms. The van der Waals surface area contributed by atoms with Crippen molar-refractivity contribution in [2.24, 2.45) is 0 Å². The lowest BCUT2D eigenvalue weighted by molar-refractivity contribution is 0.0599. The van der Waals surface area contributed by atoms with E-state index < -0.39 is 0 Å². The maximum atomic E-state index is 11.8. The van der Waals surface area contributed by atoms with Gasteiger partial charge in [-0.25, -0.2) is 4.79 Å². The lowest BCUT2D eigenvalue weighted by Crippen LogP contribution is -2.09. The van der Waals surface area contributed by atoms with E-state index in [0.717, 1.165) is 17.0 Å². The Hall–Kier alpha value is -1.94. The molecule has 2 rings (SSSR count).